The molecule has 4 nitrogen and oxygen atoms in total. The molecule has 0 saturated carbocycles. The zero-order chi connectivity index (χ0) is 13.7. The lowest BCUT2D eigenvalue weighted by Gasteiger charge is -2.31. The van der Waals surface area contributed by atoms with Crippen LogP contribution < -0.4 is 10.1 Å². The van der Waals surface area contributed by atoms with E-state index in [4.69, 9.17) is 4.74 Å². The van der Waals surface area contributed by atoms with Crippen molar-refractivity contribution >= 4 is 0 Å². The Labute approximate surface area is 115 Å². The maximum Gasteiger partial charge on any atom is 0.118 e. The zero-order valence-electron chi connectivity index (χ0n) is 11.9. The summed E-state index contributed by atoms with van der Waals surface area (Å²) < 4.78 is 5.14. The van der Waals surface area contributed by atoms with Crippen molar-refractivity contribution in [3.05, 3.63) is 29.8 Å². The number of piperazine rings is 1. The normalized spacial score (nSPS) is 19.9. The van der Waals surface area contributed by atoms with E-state index in [9.17, 15) is 5.11 Å². The topological polar surface area (TPSA) is 44.7 Å². The molecule has 4 heteroatoms. The number of ether oxygens (including phenoxy) is 1. The van der Waals surface area contributed by atoms with E-state index in [0.29, 0.717) is 0 Å². The zero-order valence-corrected chi connectivity index (χ0v) is 11.9. The van der Waals surface area contributed by atoms with Crippen LogP contribution in [0.2, 0.25) is 0 Å². The van der Waals surface area contributed by atoms with Crippen molar-refractivity contribution < 1.29 is 9.84 Å². The number of benzene rings is 1. The van der Waals surface area contributed by atoms with Crippen LogP contribution in [-0.2, 0) is 5.60 Å². The molecule has 0 radical (unpaired) electrons. The third-order valence-electron chi connectivity index (χ3n) is 3.84. The summed E-state index contributed by atoms with van der Waals surface area (Å²) >= 11 is 0. The molecule has 0 bridgehead atoms. The first-order chi connectivity index (χ1) is 9.12. The molecule has 0 spiro atoms. The third-order valence-corrected chi connectivity index (χ3v) is 3.84. The smallest absolute Gasteiger partial charge is 0.118 e. The lowest BCUT2D eigenvalue weighted by molar-refractivity contribution is 0.0345. The van der Waals surface area contributed by atoms with Crippen LogP contribution in [0.25, 0.3) is 0 Å². The third kappa shape index (κ3) is 3.93. The van der Waals surface area contributed by atoms with Crippen molar-refractivity contribution in [3.8, 4) is 5.75 Å². The number of nitrogens with one attached hydrogen (secondary N) is 1. The van der Waals surface area contributed by atoms with Crippen LogP contribution in [0.15, 0.2) is 24.3 Å². The second-order valence-corrected chi connectivity index (χ2v) is 5.34. The second kappa shape index (κ2) is 6.37. The molecule has 0 aromatic heterocycles. The summed E-state index contributed by atoms with van der Waals surface area (Å²) in [6.45, 7) is 7.05. The minimum Gasteiger partial charge on any atom is -0.497 e. The molecule has 1 fully saturated rings. The Morgan fingerprint density at radius 2 is 1.89 bits per heavy atom. The Balaban J connectivity index is 1.92. The predicted octanol–water partition coefficient (Wildman–Crippen LogP) is 1.20. The quantitative estimate of drug-likeness (QED) is 0.839. The van der Waals surface area contributed by atoms with E-state index in [1.807, 2.05) is 31.2 Å². The van der Waals surface area contributed by atoms with Gasteiger partial charge in [-0.2, -0.15) is 0 Å². The Kier molecular flexibility index (Phi) is 4.80. The van der Waals surface area contributed by atoms with E-state index in [0.717, 1.165) is 50.5 Å². The molecule has 1 unspecified atom stereocenters. The largest absolute Gasteiger partial charge is 0.497 e. The van der Waals surface area contributed by atoms with Crippen molar-refractivity contribution in [1.82, 2.24) is 10.2 Å². The molecule has 19 heavy (non-hydrogen) atoms. The molecule has 1 saturated heterocycles. The van der Waals surface area contributed by atoms with Crippen LogP contribution in [0.3, 0.4) is 0 Å². The molecule has 1 aromatic rings. The maximum atomic E-state index is 10.6. The predicted molar refractivity (Wildman–Crippen MR) is 76.5 cm³/mol. The average molecular weight is 264 g/mol. The summed E-state index contributed by atoms with van der Waals surface area (Å²) in [5, 5.41) is 13.9. The number of aliphatic hydroxyl groups is 1. The molecule has 0 amide bonds. The Bertz CT molecular complexity index is 384. The fourth-order valence-corrected chi connectivity index (χ4v) is 2.40. The number of hydrogen-bond donors (Lipinski definition) is 2. The van der Waals surface area contributed by atoms with Gasteiger partial charge in [0.1, 0.15) is 5.75 Å². The number of hydrogen-bond acceptors (Lipinski definition) is 4. The van der Waals surface area contributed by atoms with E-state index in [1.54, 1.807) is 7.11 Å². The van der Waals surface area contributed by atoms with Gasteiger partial charge in [-0.1, -0.05) is 12.1 Å². The second-order valence-electron chi connectivity index (χ2n) is 5.34. The van der Waals surface area contributed by atoms with Gasteiger partial charge in [0.2, 0.25) is 0 Å². The van der Waals surface area contributed by atoms with Crippen molar-refractivity contribution in [1.29, 1.82) is 0 Å². The van der Waals surface area contributed by atoms with Gasteiger partial charge in [-0.05, 0) is 31.0 Å². The lowest BCUT2D eigenvalue weighted by atomic mass is 9.92. The van der Waals surface area contributed by atoms with Gasteiger partial charge < -0.3 is 20.1 Å². The Morgan fingerprint density at radius 3 is 2.47 bits per heavy atom. The molecule has 1 aliphatic heterocycles. The standard InChI is InChI=1S/C15H24N2O2/c1-15(18,7-10-17-11-8-16-9-12-17)13-3-5-14(19-2)6-4-13/h3-6,16,18H,7-12H2,1-2H3. The van der Waals surface area contributed by atoms with E-state index in [2.05, 4.69) is 10.2 Å². The highest BCUT2D eigenvalue weighted by Gasteiger charge is 2.24. The van der Waals surface area contributed by atoms with Crippen LogP contribution in [-0.4, -0.2) is 49.8 Å². The Morgan fingerprint density at radius 1 is 1.26 bits per heavy atom. The van der Waals surface area contributed by atoms with Crippen LogP contribution in [0, 0.1) is 0 Å². The van der Waals surface area contributed by atoms with Crippen molar-refractivity contribution in [3.63, 3.8) is 0 Å². The lowest BCUT2D eigenvalue weighted by Crippen LogP contribution is -2.45. The van der Waals surface area contributed by atoms with Crippen LogP contribution >= 0.6 is 0 Å². The molecular formula is C15H24N2O2. The highest BCUT2D eigenvalue weighted by Crippen LogP contribution is 2.26. The summed E-state index contributed by atoms with van der Waals surface area (Å²) in [7, 11) is 1.65. The number of nitrogens with zero attached hydrogens (tertiary/aromatic N) is 1. The van der Waals surface area contributed by atoms with Crippen LogP contribution in [0.1, 0.15) is 18.9 Å². The number of methoxy groups -OCH3 is 1. The van der Waals surface area contributed by atoms with Gasteiger partial charge in [0.15, 0.2) is 0 Å². The summed E-state index contributed by atoms with van der Waals surface area (Å²) in [6, 6.07) is 7.68. The molecular weight excluding hydrogens is 240 g/mol. The maximum absolute atomic E-state index is 10.6. The van der Waals surface area contributed by atoms with Crippen LogP contribution in [0.5, 0.6) is 5.75 Å². The van der Waals surface area contributed by atoms with Crippen LogP contribution in [0.4, 0.5) is 0 Å². The fraction of sp³-hybridized carbons (Fsp3) is 0.600. The highest BCUT2D eigenvalue weighted by atomic mass is 16.5. The molecule has 2 N–H and O–H groups in total. The van der Waals surface area contributed by atoms with Crippen molar-refractivity contribution in [2.45, 2.75) is 18.9 Å². The fourth-order valence-electron chi connectivity index (χ4n) is 2.40. The minimum absolute atomic E-state index is 0.749. The summed E-state index contributed by atoms with van der Waals surface area (Å²) in [5.74, 6) is 0.821. The van der Waals surface area contributed by atoms with Gasteiger partial charge in [-0.25, -0.2) is 0 Å². The molecule has 1 atom stereocenters. The van der Waals surface area contributed by atoms with Gasteiger partial charge in [-0.15, -0.1) is 0 Å². The van der Waals surface area contributed by atoms with Gasteiger partial charge >= 0.3 is 0 Å². The van der Waals surface area contributed by atoms with Gasteiger partial charge in [0, 0.05) is 32.7 Å². The van der Waals surface area contributed by atoms with E-state index < -0.39 is 5.60 Å². The number of rotatable bonds is 5. The molecule has 1 heterocycles. The molecule has 106 valence electrons. The molecule has 1 aromatic carbocycles. The first-order valence-corrected chi connectivity index (χ1v) is 6.92. The first-order valence-electron chi connectivity index (χ1n) is 6.92. The molecule has 0 aliphatic carbocycles. The van der Waals surface area contributed by atoms with Crippen molar-refractivity contribution in [2.75, 3.05) is 39.8 Å². The van der Waals surface area contributed by atoms with E-state index in [-0.39, 0.29) is 0 Å². The first kappa shape index (κ1) is 14.3. The summed E-state index contributed by atoms with van der Waals surface area (Å²) in [4.78, 5) is 2.40. The van der Waals surface area contributed by atoms with Gasteiger partial charge in [0.05, 0.1) is 12.7 Å². The monoisotopic (exact) mass is 264 g/mol. The molecule has 1 aliphatic rings. The minimum atomic E-state index is -0.781. The van der Waals surface area contributed by atoms with E-state index >= 15 is 0 Å². The SMILES string of the molecule is COc1ccc(C(C)(O)CCN2CCNCC2)cc1. The summed E-state index contributed by atoms with van der Waals surface area (Å²) in [5.41, 5.74) is 0.167. The van der Waals surface area contributed by atoms with Crippen molar-refractivity contribution in [2.24, 2.45) is 0 Å². The average Bonchev–Trinajstić information content (AvgIpc) is 2.46. The van der Waals surface area contributed by atoms with Gasteiger partial charge in [0.25, 0.3) is 0 Å². The Hall–Kier alpha value is -1.10. The van der Waals surface area contributed by atoms with E-state index in [1.165, 1.54) is 0 Å². The molecule has 2 rings (SSSR count). The summed E-state index contributed by atoms with van der Waals surface area (Å²) in [6.07, 6.45) is 0.749. The highest BCUT2D eigenvalue weighted by molar-refractivity contribution is 5.30. The van der Waals surface area contributed by atoms with Gasteiger partial charge in [-0.3, -0.25) is 0 Å².